The van der Waals surface area contributed by atoms with Crippen LogP contribution in [0.5, 0.6) is 0 Å². The number of amides is 2. The van der Waals surface area contributed by atoms with Crippen molar-refractivity contribution in [3.63, 3.8) is 0 Å². The van der Waals surface area contributed by atoms with Gasteiger partial charge in [-0.25, -0.2) is 4.98 Å². The van der Waals surface area contributed by atoms with Crippen molar-refractivity contribution in [2.45, 2.75) is 31.0 Å². The van der Waals surface area contributed by atoms with Gasteiger partial charge in [-0.2, -0.15) is 0 Å². The molecule has 7 nitrogen and oxygen atoms in total. The Kier molecular flexibility index (Phi) is 5.42. The largest absolute Gasteiger partial charge is 0.372 e. The Bertz CT molecular complexity index is 1400. The maximum absolute atomic E-state index is 14.0. The molecule has 6 rings (SSSR count). The summed E-state index contributed by atoms with van der Waals surface area (Å²) in [5, 5.41) is 15.0. The lowest BCUT2D eigenvalue weighted by atomic mass is 9.89. The van der Waals surface area contributed by atoms with Crippen LogP contribution in [0.4, 0.5) is 0 Å². The van der Waals surface area contributed by atoms with Crippen molar-refractivity contribution >= 4 is 11.8 Å². The van der Waals surface area contributed by atoms with Gasteiger partial charge in [-0.3, -0.25) is 9.59 Å². The third-order valence-corrected chi connectivity index (χ3v) is 7.28. The fourth-order valence-corrected chi connectivity index (χ4v) is 5.55. The average molecular weight is 479 g/mol. The average Bonchev–Trinajstić information content (AvgIpc) is 3.68. The molecule has 2 aliphatic rings. The van der Waals surface area contributed by atoms with Gasteiger partial charge in [-0.1, -0.05) is 66.7 Å². The summed E-state index contributed by atoms with van der Waals surface area (Å²) in [4.78, 5) is 33.0. The highest BCUT2D eigenvalue weighted by molar-refractivity contribution is 6.00. The Labute approximate surface area is 209 Å². The van der Waals surface area contributed by atoms with E-state index in [1.54, 1.807) is 29.6 Å². The second-order valence-corrected chi connectivity index (χ2v) is 9.27. The first-order valence-electron chi connectivity index (χ1n) is 12.2. The highest BCUT2D eigenvalue weighted by Crippen LogP contribution is 2.48. The summed E-state index contributed by atoms with van der Waals surface area (Å²) in [6.45, 7) is 0.747. The molecule has 1 aliphatic heterocycles. The Morgan fingerprint density at radius 2 is 1.64 bits per heavy atom. The van der Waals surface area contributed by atoms with Crippen molar-refractivity contribution in [1.82, 2.24) is 19.8 Å². The lowest BCUT2D eigenvalue weighted by molar-refractivity contribution is -0.151. The summed E-state index contributed by atoms with van der Waals surface area (Å²) in [6.07, 6.45) is 6.54. The van der Waals surface area contributed by atoms with Crippen LogP contribution < -0.4 is 5.32 Å². The van der Waals surface area contributed by atoms with E-state index in [1.165, 1.54) is 0 Å². The molecule has 0 spiro atoms. The first-order valence-corrected chi connectivity index (χ1v) is 12.2. The SMILES string of the molecule is O=C(NCc1ccccc1-n1ccnc1)[C@@H]1CCCN1C(=O)C1(O)c2ccccc2-c2ccccc21. The zero-order valence-electron chi connectivity index (χ0n) is 19.7. The fourth-order valence-electron chi connectivity index (χ4n) is 5.55. The molecule has 3 aromatic carbocycles. The molecule has 1 saturated heterocycles. The van der Waals surface area contributed by atoms with E-state index in [9.17, 15) is 14.7 Å². The highest BCUT2D eigenvalue weighted by Gasteiger charge is 2.52. The first-order chi connectivity index (χ1) is 17.6. The van der Waals surface area contributed by atoms with E-state index in [-0.39, 0.29) is 5.91 Å². The maximum Gasteiger partial charge on any atom is 0.264 e. The zero-order valence-corrected chi connectivity index (χ0v) is 19.7. The second-order valence-electron chi connectivity index (χ2n) is 9.27. The summed E-state index contributed by atoms with van der Waals surface area (Å²) < 4.78 is 1.90. The number of nitrogens with zero attached hydrogens (tertiary/aromatic N) is 3. The van der Waals surface area contributed by atoms with Gasteiger partial charge in [0.05, 0.1) is 12.0 Å². The molecular weight excluding hydrogens is 452 g/mol. The molecule has 36 heavy (non-hydrogen) atoms. The number of aromatic nitrogens is 2. The smallest absolute Gasteiger partial charge is 0.264 e. The Morgan fingerprint density at radius 3 is 2.33 bits per heavy atom. The Morgan fingerprint density at radius 1 is 0.972 bits per heavy atom. The minimum atomic E-state index is -1.82. The number of likely N-dealkylation sites (tertiary alicyclic amines) is 1. The van der Waals surface area contributed by atoms with E-state index >= 15 is 0 Å². The number of fused-ring (bicyclic) bond motifs is 3. The number of nitrogens with one attached hydrogen (secondary N) is 1. The number of rotatable bonds is 5. The molecular formula is C29H26N4O3. The van der Waals surface area contributed by atoms with Gasteiger partial charge in [0.2, 0.25) is 5.91 Å². The van der Waals surface area contributed by atoms with Crippen molar-refractivity contribution in [2.75, 3.05) is 6.54 Å². The predicted octanol–water partition coefficient (Wildman–Crippen LogP) is 3.40. The van der Waals surface area contributed by atoms with E-state index < -0.39 is 17.6 Å². The standard InChI is InChI=1S/C29H26N4O3/c34-27(31-18-20-8-1-6-13-25(20)32-17-15-30-19-32)26-14-7-16-33(26)28(35)29(36)23-11-4-2-9-21(23)22-10-3-5-12-24(22)29/h1-6,8-13,15,17,19,26,36H,7,14,16,18H2,(H,31,34)/t26-/m0/s1. The van der Waals surface area contributed by atoms with Crippen LogP contribution in [0.15, 0.2) is 91.5 Å². The van der Waals surface area contributed by atoms with Gasteiger partial charge in [0.1, 0.15) is 6.04 Å². The van der Waals surface area contributed by atoms with Gasteiger partial charge in [-0.15, -0.1) is 0 Å². The number of aliphatic hydroxyl groups is 1. The topological polar surface area (TPSA) is 87.5 Å². The van der Waals surface area contributed by atoms with E-state index in [4.69, 9.17) is 0 Å². The zero-order chi connectivity index (χ0) is 24.7. The number of carbonyl (C=O) groups is 2. The third-order valence-electron chi connectivity index (χ3n) is 7.28. The van der Waals surface area contributed by atoms with E-state index in [2.05, 4.69) is 10.3 Å². The molecule has 2 heterocycles. The van der Waals surface area contributed by atoms with Crippen LogP contribution >= 0.6 is 0 Å². The van der Waals surface area contributed by atoms with Crippen LogP contribution in [-0.4, -0.2) is 44.0 Å². The highest BCUT2D eigenvalue weighted by atomic mass is 16.3. The van der Waals surface area contributed by atoms with Crippen LogP contribution in [0.1, 0.15) is 29.5 Å². The number of benzene rings is 3. The van der Waals surface area contributed by atoms with Gasteiger partial charge in [0.25, 0.3) is 5.91 Å². The normalized spacial score (nSPS) is 17.5. The Hall–Kier alpha value is -4.23. The lowest BCUT2D eigenvalue weighted by Gasteiger charge is -2.32. The van der Waals surface area contributed by atoms with Gasteiger partial charge in [0.15, 0.2) is 5.60 Å². The van der Waals surface area contributed by atoms with Crippen molar-refractivity contribution in [3.8, 4) is 16.8 Å². The summed E-state index contributed by atoms with van der Waals surface area (Å²) in [5.41, 5.74) is 2.89. The second kappa shape index (κ2) is 8.77. The molecule has 2 N–H and O–H groups in total. The quantitative estimate of drug-likeness (QED) is 0.460. The summed E-state index contributed by atoms with van der Waals surface area (Å²) >= 11 is 0. The molecule has 7 heteroatoms. The summed E-state index contributed by atoms with van der Waals surface area (Å²) in [7, 11) is 0. The Balaban J connectivity index is 1.25. The lowest BCUT2D eigenvalue weighted by Crippen LogP contribution is -2.52. The summed E-state index contributed by atoms with van der Waals surface area (Å²) in [5.74, 6) is -0.666. The minimum absolute atomic E-state index is 0.218. The van der Waals surface area contributed by atoms with Crippen molar-refractivity contribution in [2.24, 2.45) is 0 Å². The molecule has 0 unspecified atom stereocenters. The van der Waals surface area contributed by atoms with Gasteiger partial charge in [-0.05, 0) is 35.6 Å². The van der Waals surface area contributed by atoms with E-state index in [0.717, 1.165) is 22.4 Å². The van der Waals surface area contributed by atoms with Gasteiger partial charge >= 0.3 is 0 Å². The molecule has 0 saturated carbocycles. The molecule has 0 radical (unpaired) electrons. The number of carbonyl (C=O) groups excluding carboxylic acids is 2. The maximum atomic E-state index is 14.0. The fraction of sp³-hybridized carbons (Fsp3) is 0.207. The molecule has 1 atom stereocenters. The molecule has 180 valence electrons. The number of para-hydroxylation sites is 1. The first kappa shape index (κ1) is 22.2. The van der Waals surface area contributed by atoms with Gasteiger partial charge < -0.3 is 19.9 Å². The molecule has 0 bridgehead atoms. The van der Waals surface area contributed by atoms with Gasteiger partial charge in [0, 0.05) is 36.6 Å². The van der Waals surface area contributed by atoms with E-state index in [0.29, 0.717) is 37.1 Å². The minimum Gasteiger partial charge on any atom is -0.372 e. The van der Waals surface area contributed by atoms with Crippen molar-refractivity contribution in [1.29, 1.82) is 0 Å². The van der Waals surface area contributed by atoms with Crippen LogP contribution in [0.3, 0.4) is 0 Å². The third kappa shape index (κ3) is 3.43. The predicted molar refractivity (Wildman–Crippen MR) is 135 cm³/mol. The van der Waals surface area contributed by atoms with Crippen LogP contribution in [-0.2, 0) is 21.7 Å². The number of imidazole rings is 1. The molecule has 1 aromatic heterocycles. The number of hydrogen-bond acceptors (Lipinski definition) is 4. The molecule has 2 amide bonds. The molecule has 4 aromatic rings. The molecule has 1 aliphatic carbocycles. The van der Waals surface area contributed by atoms with Crippen molar-refractivity contribution in [3.05, 3.63) is 108 Å². The number of hydrogen-bond donors (Lipinski definition) is 2. The molecule has 1 fully saturated rings. The monoisotopic (exact) mass is 478 g/mol. The van der Waals surface area contributed by atoms with Crippen molar-refractivity contribution < 1.29 is 14.7 Å². The van der Waals surface area contributed by atoms with Crippen LogP contribution in [0, 0.1) is 0 Å². The van der Waals surface area contributed by atoms with Crippen LogP contribution in [0.25, 0.3) is 16.8 Å². The summed E-state index contributed by atoms with van der Waals surface area (Å²) in [6, 6.07) is 22.1. The van der Waals surface area contributed by atoms with E-state index in [1.807, 2.05) is 71.4 Å². The van der Waals surface area contributed by atoms with Crippen LogP contribution in [0.2, 0.25) is 0 Å².